The Morgan fingerprint density at radius 3 is 2.15 bits per heavy atom. The molecule has 0 saturated heterocycles. The van der Waals surface area contributed by atoms with Crippen LogP contribution in [0, 0.1) is 0 Å². The van der Waals surface area contributed by atoms with Crippen LogP contribution in [0.25, 0.3) is 0 Å². The fraction of sp³-hybridized carbons (Fsp3) is 0.462. The lowest BCUT2D eigenvalue weighted by atomic mass is 10.1. The van der Waals surface area contributed by atoms with Crippen molar-refractivity contribution in [2.75, 3.05) is 14.1 Å². The first-order valence-corrected chi connectivity index (χ1v) is 7.73. The van der Waals surface area contributed by atoms with Crippen LogP contribution >= 0.6 is 0 Å². The van der Waals surface area contributed by atoms with Crippen LogP contribution in [-0.2, 0) is 15.0 Å². The first-order valence-electron chi connectivity index (χ1n) is 6.29. The highest BCUT2D eigenvalue weighted by Gasteiger charge is 2.27. The zero-order chi connectivity index (χ0) is 15.3. The lowest BCUT2D eigenvalue weighted by Gasteiger charge is -2.22. The van der Waals surface area contributed by atoms with Crippen LogP contribution in [-0.4, -0.2) is 38.8 Å². The monoisotopic (exact) mass is 299 g/mol. The van der Waals surface area contributed by atoms with E-state index in [0.717, 1.165) is 4.31 Å². The quantitative estimate of drug-likeness (QED) is 0.809. The zero-order valence-electron chi connectivity index (χ0n) is 12.1. The van der Waals surface area contributed by atoms with Gasteiger partial charge in [0, 0.05) is 20.1 Å². The van der Waals surface area contributed by atoms with E-state index in [1.54, 1.807) is 30.3 Å². The summed E-state index contributed by atoms with van der Waals surface area (Å²) >= 11 is 0. The molecule has 1 rings (SSSR count). The molecular weight excluding hydrogens is 278 g/mol. The van der Waals surface area contributed by atoms with Crippen LogP contribution < -0.4 is 10.0 Å². The van der Waals surface area contributed by atoms with E-state index in [1.807, 2.05) is 13.8 Å². The Kier molecular flexibility index (Phi) is 5.67. The second kappa shape index (κ2) is 6.83. The van der Waals surface area contributed by atoms with Gasteiger partial charge in [-0.1, -0.05) is 30.3 Å². The Hall–Kier alpha value is -1.44. The third kappa shape index (κ3) is 4.59. The minimum Gasteiger partial charge on any atom is -0.352 e. The van der Waals surface area contributed by atoms with E-state index >= 15 is 0 Å². The maximum atomic E-state index is 12.2. The highest BCUT2D eigenvalue weighted by Crippen LogP contribution is 2.15. The molecule has 0 aliphatic carbocycles. The molecule has 1 aromatic rings. The van der Waals surface area contributed by atoms with Crippen molar-refractivity contribution in [2.24, 2.45) is 0 Å². The predicted octanol–water partition coefficient (Wildman–Crippen LogP) is 0.648. The van der Waals surface area contributed by atoms with Crippen molar-refractivity contribution >= 4 is 16.1 Å². The molecule has 0 spiro atoms. The third-order valence-electron chi connectivity index (χ3n) is 2.57. The number of benzene rings is 1. The maximum absolute atomic E-state index is 12.2. The average molecular weight is 299 g/mol. The molecular formula is C13H21N3O3S. The Labute approximate surface area is 120 Å². The molecule has 0 bridgehead atoms. The number of carbonyl (C=O) groups is 1. The highest BCUT2D eigenvalue weighted by molar-refractivity contribution is 7.87. The fourth-order valence-electron chi connectivity index (χ4n) is 1.54. The molecule has 7 heteroatoms. The van der Waals surface area contributed by atoms with Crippen LogP contribution in [0.3, 0.4) is 0 Å². The van der Waals surface area contributed by atoms with Gasteiger partial charge in [-0.15, -0.1) is 0 Å². The summed E-state index contributed by atoms with van der Waals surface area (Å²) in [6.07, 6.45) is 0. The molecule has 0 aliphatic heterocycles. The highest BCUT2D eigenvalue weighted by atomic mass is 32.2. The van der Waals surface area contributed by atoms with Crippen molar-refractivity contribution in [1.82, 2.24) is 14.3 Å². The molecule has 112 valence electrons. The SMILES string of the molecule is CC(C)NC(=O)[C@@H](NS(=O)(=O)N(C)C)c1ccccc1. The summed E-state index contributed by atoms with van der Waals surface area (Å²) in [7, 11) is -0.889. The fourth-order valence-corrected chi connectivity index (χ4v) is 2.29. The van der Waals surface area contributed by atoms with Crippen molar-refractivity contribution in [3.8, 4) is 0 Å². The van der Waals surface area contributed by atoms with Gasteiger partial charge >= 0.3 is 0 Å². The number of nitrogens with one attached hydrogen (secondary N) is 2. The van der Waals surface area contributed by atoms with Gasteiger partial charge in [0.05, 0.1) is 0 Å². The molecule has 2 N–H and O–H groups in total. The van der Waals surface area contributed by atoms with Crippen molar-refractivity contribution in [2.45, 2.75) is 25.9 Å². The zero-order valence-corrected chi connectivity index (χ0v) is 12.9. The summed E-state index contributed by atoms with van der Waals surface area (Å²) < 4.78 is 27.3. The van der Waals surface area contributed by atoms with E-state index in [9.17, 15) is 13.2 Å². The van der Waals surface area contributed by atoms with Gasteiger partial charge in [0.2, 0.25) is 5.91 Å². The molecule has 0 fully saturated rings. The van der Waals surface area contributed by atoms with Crippen molar-refractivity contribution in [3.05, 3.63) is 35.9 Å². The third-order valence-corrected chi connectivity index (χ3v) is 4.07. The van der Waals surface area contributed by atoms with Gasteiger partial charge in [0.25, 0.3) is 10.2 Å². The molecule has 0 unspecified atom stereocenters. The Balaban J connectivity index is 3.06. The number of amides is 1. The second-order valence-electron chi connectivity index (χ2n) is 4.91. The Morgan fingerprint density at radius 2 is 1.70 bits per heavy atom. The molecule has 20 heavy (non-hydrogen) atoms. The number of nitrogens with zero attached hydrogens (tertiary/aromatic N) is 1. The number of hydrogen-bond donors (Lipinski definition) is 2. The summed E-state index contributed by atoms with van der Waals surface area (Å²) in [6.45, 7) is 3.64. The normalized spacial score (nSPS) is 13.5. The van der Waals surface area contributed by atoms with Gasteiger partial charge in [-0.25, -0.2) is 0 Å². The number of hydrogen-bond acceptors (Lipinski definition) is 3. The predicted molar refractivity (Wildman–Crippen MR) is 78.2 cm³/mol. The summed E-state index contributed by atoms with van der Waals surface area (Å²) in [4.78, 5) is 12.2. The molecule has 6 nitrogen and oxygen atoms in total. The molecule has 0 saturated carbocycles. The van der Waals surface area contributed by atoms with E-state index in [2.05, 4.69) is 10.0 Å². The minimum atomic E-state index is -3.70. The number of rotatable bonds is 6. The summed E-state index contributed by atoms with van der Waals surface area (Å²) in [6, 6.07) is 7.72. The Bertz CT molecular complexity index is 541. The first kappa shape index (κ1) is 16.6. The topological polar surface area (TPSA) is 78.5 Å². The lowest BCUT2D eigenvalue weighted by Crippen LogP contribution is -2.46. The van der Waals surface area contributed by atoms with E-state index < -0.39 is 16.3 Å². The van der Waals surface area contributed by atoms with E-state index in [-0.39, 0.29) is 11.9 Å². The van der Waals surface area contributed by atoms with Crippen molar-refractivity contribution < 1.29 is 13.2 Å². The lowest BCUT2D eigenvalue weighted by molar-refractivity contribution is -0.123. The molecule has 0 aliphatic rings. The van der Waals surface area contributed by atoms with E-state index in [0.29, 0.717) is 5.56 Å². The van der Waals surface area contributed by atoms with E-state index in [4.69, 9.17) is 0 Å². The molecule has 1 amide bonds. The van der Waals surface area contributed by atoms with Gasteiger partial charge in [-0.2, -0.15) is 17.4 Å². The van der Waals surface area contributed by atoms with Crippen molar-refractivity contribution in [3.63, 3.8) is 0 Å². The van der Waals surface area contributed by atoms with Gasteiger partial charge in [0.1, 0.15) is 6.04 Å². The van der Waals surface area contributed by atoms with Gasteiger partial charge in [-0.05, 0) is 19.4 Å². The summed E-state index contributed by atoms with van der Waals surface area (Å²) in [5, 5.41) is 2.72. The summed E-state index contributed by atoms with van der Waals surface area (Å²) in [5.41, 5.74) is 0.594. The average Bonchev–Trinajstić information content (AvgIpc) is 2.36. The molecule has 0 heterocycles. The van der Waals surface area contributed by atoms with Crippen LogP contribution in [0.15, 0.2) is 30.3 Å². The minimum absolute atomic E-state index is 0.0717. The van der Waals surface area contributed by atoms with Crippen molar-refractivity contribution in [1.29, 1.82) is 0 Å². The molecule has 0 aromatic heterocycles. The summed E-state index contributed by atoms with van der Waals surface area (Å²) in [5.74, 6) is -0.378. The largest absolute Gasteiger partial charge is 0.352 e. The molecule has 0 radical (unpaired) electrons. The molecule has 1 atom stereocenters. The van der Waals surface area contributed by atoms with Gasteiger partial charge in [-0.3, -0.25) is 4.79 Å². The smallest absolute Gasteiger partial charge is 0.279 e. The Morgan fingerprint density at radius 1 is 1.15 bits per heavy atom. The second-order valence-corrected chi connectivity index (χ2v) is 6.83. The molecule has 1 aromatic carbocycles. The number of carbonyl (C=O) groups excluding carboxylic acids is 1. The van der Waals surface area contributed by atoms with Crippen LogP contribution in [0.4, 0.5) is 0 Å². The van der Waals surface area contributed by atoms with Crippen LogP contribution in [0.1, 0.15) is 25.5 Å². The van der Waals surface area contributed by atoms with Crippen LogP contribution in [0.5, 0.6) is 0 Å². The van der Waals surface area contributed by atoms with Crippen LogP contribution in [0.2, 0.25) is 0 Å². The maximum Gasteiger partial charge on any atom is 0.279 e. The van der Waals surface area contributed by atoms with E-state index in [1.165, 1.54) is 14.1 Å². The first-order chi connectivity index (χ1) is 9.24. The standard InChI is InChI=1S/C13H21N3O3S/c1-10(2)14-13(17)12(11-8-6-5-7-9-11)15-20(18,19)16(3)4/h5-10,12,15H,1-4H3,(H,14,17)/t12-/m0/s1. The van der Waals surface area contributed by atoms with Gasteiger partial charge < -0.3 is 5.32 Å². The van der Waals surface area contributed by atoms with Gasteiger partial charge in [0.15, 0.2) is 0 Å².